The zero-order valence-electron chi connectivity index (χ0n) is 17.3. The maximum absolute atomic E-state index is 12.9. The van der Waals surface area contributed by atoms with Gasteiger partial charge < -0.3 is 21.0 Å². The van der Waals surface area contributed by atoms with Gasteiger partial charge in [-0.1, -0.05) is 11.2 Å². The van der Waals surface area contributed by atoms with Crippen molar-refractivity contribution in [2.75, 3.05) is 18.6 Å². The number of thioether (sulfide) groups is 1. The number of carbonyl (C=O) groups excluding carboxylic acids is 2. The van der Waals surface area contributed by atoms with Gasteiger partial charge >= 0.3 is 5.97 Å². The normalized spacial score (nSPS) is 20.6. The smallest absolute Gasteiger partial charge is 0.352 e. The molecule has 2 aromatic heterocycles. The van der Waals surface area contributed by atoms with Crippen LogP contribution in [-0.2, 0) is 19.2 Å². The largest absolute Gasteiger partial charge is 0.477 e. The van der Waals surface area contributed by atoms with E-state index in [1.54, 1.807) is 23.0 Å². The summed E-state index contributed by atoms with van der Waals surface area (Å²) in [5, 5.41) is 17.4. The van der Waals surface area contributed by atoms with Crippen molar-refractivity contribution in [3.63, 3.8) is 0 Å². The van der Waals surface area contributed by atoms with Crippen molar-refractivity contribution in [1.82, 2.24) is 20.2 Å². The third-order valence-electron chi connectivity index (χ3n) is 4.87. The van der Waals surface area contributed by atoms with E-state index < -0.39 is 29.2 Å². The number of carboxylic acids is 1. The Balaban J connectivity index is 1.54. The molecule has 4 heterocycles. The summed E-state index contributed by atoms with van der Waals surface area (Å²) in [5.74, 6) is -2.04. The average molecular weight is 507 g/mol. The van der Waals surface area contributed by atoms with Crippen LogP contribution in [0.1, 0.15) is 16.3 Å². The molecule has 2 aromatic rings. The maximum Gasteiger partial charge on any atom is 0.352 e. The molecule has 0 radical (unpaired) electrons. The van der Waals surface area contributed by atoms with Crippen LogP contribution in [0, 0.1) is 6.92 Å². The first-order valence-electron chi connectivity index (χ1n) is 9.44. The van der Waals surface area contributed by atoms with Gasteiger partial charge in [0.15, 0.2) is 10.8 Å². The van der Waals surface area contributed by atoms with Crippen LogP contribution in [0.15, 0.2) is 33.4 Å². The van der Waals surface area contributed by atoms with Crippen LogP contribution in [0.4, 0.5) is 5.13 Å². The minimum absolute atomic E-state index is 0.0919. The number of hydrogen-bond acceptors (Lipinski definition) is 11. The summed E-state index contributed by atoms with van der Waals surface area (Å²) in [6.07, 6.45) is 3.49. The fraction of sp³-hybridized carbons (Fsp3) is 0.263. The zero-order chi connectivity index (χ0) is 23.7. The molecule has 4 rings (SSSR count). The lowest BCUT2D eigenvalue weighted by molar-refractivity contribution is -0.150. The van der Waals surface area contributed by atoms with Crippen LogP contribution < -0.4 is 11.1 Å². The number of carbonyl (C=O) groups is 3. The van der Waals surface area contributed by atoms with E-state index in [0.29, 0.717) is 11.3 Å². The summed E-state index contributed by atoms with van der Waals surface area (Å²) in [6, 6.07) is -0.913. The molecule has 2 aliphatic rings. The molecule has 1 saturated heterocycles. The number of amides is 2. The molecule has 0 saturated carbocycles. The lowest BCUT2D eigenvalue weighted by Gasteiger charge is -2.49. The quantitative estimate of drug-likeness (QED) is 0.286. The number of thiazole rings is 2. The second-order valence-corrected chi connectivity index (χ2v) is 9.75. The number of nitrogens with one attached hydrogen (secondary N) is 1. The number of nitrogen functional groups attached to an aromatic ring is 1. The van der Waals surface area contributed by atoms with Gasteiger partial charge in [0, 0.05) is 16.0 Å². The number of aliphatic carboxylic acids is 1. The molecule has 2 atom stereocenters. The molecule has 14 heteroatoms. The highest BCUT2D eigenvalue weighted by Gasteiger charge is 2.54. The Morgan fingerprint density at radius 1 is 1.39 bits per heavy atom. The van der Waals surface area contributed by atoms with Gasteiger partial charge in [-0.15, -0.1) is 34.4 Å². The van der Waals surface area contributed by atoms with E-state index in [0.717, 1.165) is 21.9 Å². The lowest BCUT2D eigenvalue weighted by Crippen LogP contribution is -2.71. The number of hydrogen-bond donors (Lipinski definition) is 3. The molecule has 11 nitrogen and oxygen atoms in total. The molecule has 33 heavy (non-hydrogen) atoms. The van der Waals surface area contributed by atoms with Gasteiger partial charge in [0.05, 0.1) is 11.2 Å². The predicted octanol–water partition coefficient (Wildman–Crippen LogP) is 1.29. The summed E-state index contributed by atoms with van der Waals surface area (Å²) in [4.78, 5) is 52.7. The number of aromatic nitrogens is 2. The zero-order valence-corrected chi connectivity index (χ0v) is 19.8. The molecule has 1 fully saturated rings. The van der Waals surface area contributed by atoms with Gasteiger partial charge in [0.2, 0.25) is 0 Å². The highest BCUT2D eigenvalue weighted by atomic mass is 32.2. The Bertz CT molecular complexity index is 1220. The number of fused-ring (bicyclic) bond motifs is 1. The Kier molecular flexibility index (Phi) is 6.49. The van der Waals surface area contributed by atoms with Crippen molar-refractivity contribution >= 4 is 69.1 Å². The molecule has 172 valence electrons. The number of nitrogens with zero attached hydrogens (tertiary/aromatic N) is 4. The minimum Gasteiger partial charge on any atom is -0.477 e. The van der Waals surface area contributed by atoms with E-state index in [1.165, 1.54) is 35.1 Å². The Labute approximate surface area is 200 Å². The summed E-state index contributed by atoms with van der Waals surface area (Å²) in [7, 11) is 1.28. The van der Waals surface area contributed by atoms with Crippen LogP contribution in [0.3, 0.4) is 0 Å². The van der Waals surface area contributed by atoms with E-state index in [2.05, 4.69) is 20.4 Å². The highest BCUT2D eigenvalue weighted by molar-refractivity contribution is 8.00. The van der Waals surface area contributed by atoms with Crippen molar-refractivity contribution < 1.29 is 24.3 Å². The first-order chi connectivity index (χ1) is 15.8. The summed E-state index contributed by atoms with van der Waals surface area (Å²) >= 11 is 3.94. The fourth-order valence-corrected chi connectivity index (χ4v) is 5.88. The first kappa shape index (κ1) is 22.9. The third kappa shape index (κ3) is 4.36. The molecule has 2 amide bonds. The number of rotatable bonds is 7. The summed E-state index contributed by atoms with van der Waals surface area (Å²) < 4.78 is 0. The molecule has 0 aliphatic carbocycles. The number of β-lactam (4-membered cyclic amide) rings is 1. The topological polar surface area (TPSA) is 160 Å². The lowest BCUT2D eigenvalue weighted by atomic mass is 10.0. The second kappa shape index (κ2) is 9.33. The molecule has 0 aromatic carbocycles. The Morgan fingerprint density at radius 3 is 2.79 bits per heavy atom. The maximum atomic E-state index is 12.9. The fourth-order valence-electron chi connectivity index (χ4n) is 3.32. The van der Waals surface area contributed by atoms with Crippen molar-refractivity contribution in [3.8, 4) is 0 Å². The number of oxime groups is 1. The Hall–Kier alpha value is -3.23. The van der Waals surface area contributed by atoms with Gasteiger partial charge in [-0.05, 0) is 18.6 Å². The molecule has 2 aliphatic heterocycles. The van der Waals surface area contributed by atoms with Crippen LogP contribution in [0.2, 0.25) is 0 Å². The van der Waals surface area contributed by atoms with Gasteiger partial charge in [-0.2, -0.15) is 0 Å². The average Bonchev–Trinajstić information content (AvgIpc) is 3.40. The predicted molar refractivity (Wildman–Crippen MR) is 126 cm³/mol. The van der Waals surface area contributed by atoms with Crippen molar-refractivity contribution in [1.29, 1.82) is 0 Å². The number of anilines is 1. The van der Waals surface area contributed by atoms with Crippen molar-refractivity contribution in [3.05, 3.63) is 44.5 Å². The molecular formula is C19H18N6O5S3. The van der Waals surface area contributed by atoms with E-state index in [9.17, 15) is 19.5 Å². The number of nitrogens with two attached hydrogens (primary N) is 1. The van der Waals surface area contributed by atoms with E-state index >= 15 is 0 Å². The van der Waals surface area contributed by atoms with Crippen LogP contribution >= 0.6 is 34.4 Å². The van der Waals surface area contributed by atoms with Crippen molar-refractivity contribution in [2.45, 2.75) is 18.3 Å². The van der Waals surface area contributed by atoms with Crippen LogP contribution in [0.25, 0.3) is 6.08 Å². The van der Waals surface area contributed by atoms with Crippen LogP contribution in [-0.4, -0.2) is 67.7 Å². The third-order valence-corrected chi connectivity index (χ3v) is 7.74. The SMILES string of the molecule is CO/N=C(/C(=O)NC1C(=O)N2C(C(=O)O)=C(/C=C\c3scnc3C)CS[C@H]12)c1csc(N)n1. The number of aryl methyl sites for hydroxylation is 1. The summed E-state index contributed by atoms with van der Waals surface area (Å²) in [5.41, 5.74) is 8.68. The van der Waals surface area contributed by atoms with Gasteiger partial charge in [0.1, 0.15) is 29.9 Å². The highest BCUT2D eigenvalue weighted by Crippen LogP contribution is 2.41. The van der Waals surface area contributed by atoms with E-state index in [1.807, 2.05) is 6.92 Å². The van der Waals surface area contributed by atoms with Gasteiger partial charge in [0.25, 0.3) is 11.8 Å². The number of carboxylic acid groups (broad SMARTS) is 1. The van der Waals surface area contributed by atoms with Crippen molar-refractivity contribution in [2.24, 2.45) is 5.16 Å². The molecule has 4 N–H and O–H groups in total. The van der Waals surface area contributed by atoms with E-state index in [4.69, 9.17) is 10.6 Å². The van der Waals surface area contributed by atoms with Gasteiger partial charge in [-0.25, -0.2) is 14.8 Å². The number of allylic oxidation sites excluding steroid dienone is 1. The van der Waals surface area contributed by atoms with Crippen LogP contribution in [0.5, 0.6) is 0 Å². The second-order valence-electron chi connectivity index (χ2n) is 6.87. The molecular weight excluding hydrogens is 488 g/mol. The van der Waals surface area contributed by atoms with E-state index in [-0.39, 0.29) is 22.2 Å². The standard InChI is InChI=1S/C19H18N6O5S3/c1-8-11(33-7-21-8)4-3-9-5-31-17-13(16(27)25(17)14(9)18(28)29)23-15(26)12(24-30-2)10-6-32-19(20)22-10/h3-4,6-7,13,17H,5H2,1-2H3,(H2,20,22)(H,23,26)(H,28,29)/b4-3-,24-12+/t13?,17-/m1/s1. The molecule has 0 bridgehead atoms. The minimum atomic E-state index is -1.21. The Morgan fingerprint density at radius 2 is 2.18 bits per heavy atom. The first-order valence-corrected chi connectivity index (χ1v) is 12.2. The summed E-state index contributed by atoms with van der Waals surface area (Å²) in [6.45, 7) is 1.86. The monoisotopic (exact) mass is 506 g/mol. The molecule has 1 unspecified atom stereocenters. The van der Waals surface area contributed by atoms with Gasteiger partial charge in [-0.3, -0.25) is 14.5 Å². The molecule has 0 spiro atoms.